The SMILES string of the molecule is CC(=O)N1CCN(c2ccc(Nc3ncc(Cl)c(-c4cnc5ccccn45)n3)c(OC(C)C)c2)CC1. The Bertz CT molecular complexity index is 1400. The molecule has 0 unspecified atom stereocenters. The van der Waals surface area contributed by atoms with Crippen LogP contribution in [0.4, 0.5) is 17.3 Å². The van der Waals surface area contributed by atoms with E-state index >= 15 is 0 Å². The van der Waals surface area contributed by atoms with Crippen molar-refractivity contribution in [3.63, 3.8) is 0 Å². The number of hydrogen-bond donors (Lipinski definition) is 1. The van der Waals surface area contributed by atoms with Crippen LogP contribution in [0.5, 0.6) is 5.75 Å². The number of amides is 1. The first-order valence-corrected chi connectivity index (χ1v) is 12.3. The van der Waals surface area contributed by atoms with Crippen molar-refractivity contribution in [2.45, 2.75) is 26.9 Å². The Labute approximate surface area is 214 Å². The fraction of sp³-hybridized carbons (Fsp3) is 0.308. The third kappa shape index (κ3) is 4.92. The Morgan fingerprint density at radius 1 is 1.08 bits per heavy atom. The minimum Gasteiger partial charge on any atom is -0.489 e. The van der Waals surface area contributed by atoms with E-state index in [-0.39, 0.29) is 12.0 Å². The van der Waals surface area contributed by atoms with E-state index in [1.54, 1.807) is 19.3 Å². The summed E-state index contributed by atoms with van der Waals surface area (Å²) in [6.45, 7) is 8.56. The molecule has 0 spiro atoms. The Balaban J connectivity index is 1.42. The fourth-order valence-electron chi connectivity index (χ4n) is 4.28. The van der Waals surface area contributed by atoms with Crippen LogP contribution in [-0.4, -0.2) is 62.4 Å². The molecule has 36 heavy (non-hydrogen) atoms. The van der Waals surface area contributed by atoms with Crippen molar-refractivity contribution in [2.75, 3.05) is 36.4 Å². The molecule has 1 N–H and O–H groups in total. The van der Waals surface area contributed by atoms with Gasteiger partial charge in [-0.3, -0.25) is 9.20 Å². The lowest BCUT2D eigenvalue weighted by molar-refractivity contribution is -0.129. The zero-order chi connectivity index (χ0) is 25.2. The zero-order valence-corrected chi connectivity index (χ0v) is 21.2. The molecule has 1 aromatic carbocycles. The van der Waals surface area contributed by atoms with Gasteiger partial charge in [-0.15, -0.1) is 0 Å². The zero-order valence-electron chi connectivity index (χ0n) is 20.5. The molecule has 4 heterocycles. The topological polar surface area (TPSA) is 87.9 Å². The Kier molecular flexibility index (Phi) is 6.65. The number of piperazine rings is 1. The largest absolute Gasteiger partial charge is 0.489 e. The summed E-state index contributed by atoms with van der Waals surface area (Å²) in [5.41, 5.74) is 3.96. The number of pyridine rings is 1. The van der Waals surface area contributed by atoms with Crippen LogP contribution in [0, 0.1) is 0 Å². The normalized spacial score (nSPS) is 13.9. The van der Waals surface area contributed by atoms with Crippen LogP contribution in [0.25, 0.3) is 17.0 Å². The molecule has 5 rings (SSSR count). The summed E-state index contributed by atoms with van der Waals surface area (Å²) in [5, 5.41) is 3.74. The number of halogens is 1. The molecule has 1 fully saturated rings. The minimum atomic E-state index is -0.0183. The molecule has 186 valence electrons. The highest BCUT2D eigenvalue weighted by Gasteiger charge is 2.20. The summed E-state index contributed by atoms with van der Waals surface area (Å²) in [4.78, 5) is 29.3. The second kappa shape index (κ2) is 10.0. The Hall–Kier alpha value is -3.85. The molecule has 9 nitrogen and oxygen atoms in total. The number of carbonyl (C=O) groups excluding carboxylic acids is 1. The van der Waals surface area contributed by atoms with E-state index in [9.17, 15) is 4.79 Å². The molecule has 1 aliphatic rings. The lowest BCUT2D eigenvalue weighted by Gasteiger charge is -2.36. The van der Waals surface area contributed by atoms with Crippen molar-refractivity contribution in [2.24, 2.45) is 0 Å². The third-order valence-electron chi connectivity index (χ3n) is 6.07. The quantitative estimate of drug-likeness (QED) is 0.408. The van der Waals surface area contributed by atoms with E-state index in [2.05, 4.69) is 20.2 Å². The van der Waals surface area contributed by atoms with Gasteiger partial charge in [0.2, 0.25) is 11.9 Å². The standard InChI is InChI=1S/C26H28ClN7O2/c1-17(2)36-23-14-19(33-12-10-32(11-13-33)18(3)35)7-8-21(23)30-26-29-15-20(27)25(31-26)22-16-28-24-6-4-5-9-34(22)24/h4-9,14-17H,10-13H2,1-3H3,(H,29,30,31). The highest BCUT2D eigenvalue weighted by molar-refractivity contribution is 6.32. The van der Waals surface area contributed by atoms with Crippen LogP contribution in [0.3, 0.4) is 0 Å². The van der Waals surface area contributed by atoms with E-state index in [4.69, 9.17) is 21.3 Å². The Morgan fingerprint density at radius 2 is 1.89 bits per heavy atom. The van der Waals surface area contributed by atoms with Gasteiger partial charge in [0.25, 0.3) is 0 Å². The second-order valence-electron chi connectivity index (χ2n) is 8.93. The molecular formula is C26H28ClN7O2. The molecular weight excluding hydrogens is 478 g/mol. The first-order valence-electron chi connectivity index (χ1n) is 11.9. The number of nitrogens with one attached hydrogen (secondary N) is 1. The van der Waals surface area contributed by atoms with Crippen LogP contribution in [0.1, 0.15) is 20.8 Å². The molecule has 1 saturated heterocycles. The van der Waals surface area contributed by atoms with E-state index in [0.717, 1.165) is 35.8 Å². The van der Waals surface area contributed by atoms with Crippen molar-refractivity contribution >= 4 is 40.5 Å². The lowest BCUT2D eigenvalue weighted by Crippen LogP contribution is -2.48. The maximum atomic E-state index is 11.7. The first kappa shape index (κ1) is 23.9. The average Bonchev–Trinajstić information content (AvgIpc) is 3.30. The number of carbonyl (C=O) groups is 1. The van der Waals surface area contributed by atoms with E-state index in [1.165, 1.54) is 0 Å². The third-order valence-corrected chi connectivity index (χ3v) is 6.34. The van der Waals surface area contributed by atoms with Gasteiger partial charge in [0.15, 0.2) is 0 Å². The minimum absolute atomic E-state index is 0.0183. The van der Waals surface area contributed by atoms with Crippen LogP contribution >= 0.6 is 11.6 Å². The predicted octanol–water partition coefficient (Wildman–Crippen LogP) is 4.64. The monoisotopic (exact) mass is 505 g/mol. The molecule has 0 bridgehead atoms. The van der Waals surface area contributed by atoms with Crippen molar-refractivity contribution in [1.82, 2.24) is 24.3 Å². The lowest BCUT2D eigenvalue weighted by atomic mass is 10.2. The van der Waals surface area contributed by atoms with Gasteiger partial charge in [-0.2, -0.15) is 0 Å². The van der Waals surface area contributed by atoms with Gasteiger partial charge >= 0.3 is 0 Å². The van der Waals surface area contributed by atoms with Gasteiger partial charge in [-0.05, 0) is 38.1 Å². The van der Waals surface area contributed by atoms with Gasteiger partial charge in [-0.25, -0.2) is 15.0 Å². The van der Waals surface area contributed by atoms with Crippen LogP contribution in [0.15, 0.2) is 55.0 Å². The number of nitrogens with zero attached hydrogens (tertiary/aromatic N) is 6. The highest BCUT2D eigenvalue weighted by Crippen LogP contribution is 2.34. The molecule has 0 radical (unpaired) electrons. The van der Waals surface area contributed by atoms with E-state index in [1.807, 2.05) is 65.7 Å². The Morgan fingerprint density at radius 3 is 2.64 bits per heavy atom. The summed E-state index contributed by atoms with van der Waals surface area (Å²) in [5.74, 6) is 1.22. The number of fused-ring (bicyclic) bond motifs is 1. The molecule has 0 aliphatic carbocycles. The van der Waals surface area contributed by atoms with Crippen molar-refractivity contribution in [1.29, 1.82) is 0 Å². The summed E-state index contributed by atoms with van der Waals surface area (Å²) in [6.07, 6.45) is 5.24. The molecule has 0 saturated carbocycles. The summed E-state index contributed by atoms with van der Waals surface area (Å²) in [7, 11) is 0. The van der Waals surface area contributed by atoms with Gasteiger partial charge < -0.3 is 19.9 Å². The number of hydrogen-bond acceptors (Lipinski definition) is 7. The first-order chi connectivity index (χ1) is 17.4. The van der Waals surface area contributed by atoms with Crippen LogP contribution in [0.2, 0.25) is 5.02 Å². The number of imidazole rings is 1. The number of ether oxygens (including phenoxy) is 1. The van der Waals surface area contributed by atoms with Crippen molar-refractivity contribution in [3.8, 4) is 17.1 Å². The molecule has 4 aromatic rings. The smallest absolute Gasteiger partial charge is 0.227 e. The van der Waals surface area contributed by atoms with E-state index < -0.39 is 0 Å². The number of aromatic nitrogens is 4. The molecule has 1 aliphatic heterocycles. The van der Waals surface area contributed by atoms with Crippen LogP contribution < -0.4 is 15.0 Å². The summed E-state index contributed by atoms with van der Waals surface area (Å²) < 4.78 is 8.08. The number of benzene rings is 1. The van der Waals surface area contributed by atoms with Crippen molar-refractivity contribution in [3.05, 3.63) is 60.0 Å². The van der Waals surface area contributed by atoms with Crippen molar-refractivity contribution < 1.29 is 9.53 Å². The second-order valence-corrected chi connectivity index (χ2v) is 9.33. The maximum absolute atomic E-state index is 11.7. The van der Waals surface area contributed by atoms with Gasteiger partial charge in [0, 0.05) is 51.1 Å². The highest BCUT2D eigenvalue weighted by atomic mass is 35.5. The molecule has 3 aromatic heterocycles. The maximum Gasteiger partial charge on any atom is 0.227 e. The molecule has 0 atom stereocenters. The number of rotatable bonds is 6. The number of anilines is 3. The fourth-order valence-corrected chi connectivity index (χ4v) is 4.46. The van der Waals surface area contributed by atoms with Gasteiger partial charge in [0.1, 0.15) is 17.1 Å². The average molecular weight is 506 g/mol. The summed E-state index contributed by atoms with van der Waals surface area (Å²) >= 11 is 6.48. The molecule has 10 heteroatoms. The van der Waals surface area contributed by atoms with Crippen LogP contribution in [-0.2, 0) is 4.79 Å². The predicted molar refractivity (Wildman–Crippen MR) is 141 cm³/mol. The van der Waals surface area contributed by atoms with Gasteiger partial charge in [-0.1, -0.05) is 17.7 Å². The summed E-state index contributed by atoms with van der Waals surface area (Å²) in [6, 6.07) is 11.8. The van der Waals surface area contributed by atoms with E-state index in [0.29, 0.717) is 35.5 Å². The van der Waals surface area contributed by atoms with Gasteiger partial charge in [0.05, 0.1) is 34.9 Å². The molecule has 1 amide bonds.